The second-order valence-electron chi connectivity index (χ2n) is 8.86. The topological polar surface area (TPSA) is 62.6 Å². The molecule has 0 spiro atoms. The number of carbonyl (C=O) groups is 1. The molecule has 0 aliphatic carbocycles. The van der Waals surface area contributed by atoms with E-state index in [0.717, 1.165) is 51.4 Å². The van der Waals surface area contributed by atoms with Gasteiger partial charge in [-0.05, 0) is 62.0 Å². The molecule has 2 aliphatic heterocycles. The van der Waals surface area contributed by atoms with Crippen LogP contribution in [0.4, 0.5) is 10.5 Å². The number of urea groups is 1. The molecule has 6 nitrogen and oxygen atoms in total. The van der Waals surface area contributed by atoms with Crippen molar-refractivity contribution in [3.05, 3.63) is 65.7 Å². The molecule has 168 valence electrons. The highest BCUT2D eigenvalue weighted by Gasteiger charge is 2.22. The minimum atomic E-state index is 0.0527. The summed E-state index contributed by atoms with van der Waals surface area (Å²) in [4.78, 5) is 19.3. The van der Waals surface area contributed by atoms with Crippen LogP contribution in [0.1, 0.15) is 30.4 Å². The fourth-order valence-corrected chi connectivity index (χ4v) is 4.71. The summed E-state index contributed by atoms with van der Waals surface area (Å²) in [6, 6.07) is 20.6. The molecule has 32 heavy (non-hydrogen) atoms. The number of nitrogens with zero attached hydrogens (tertiary/aromatic N) is 4. The van der Waals surface area contributed by atoms with Gasteiger partial charge in [-0.2, -0.15) is 5.26 Å². The number of nitriles is 1. The summed E-state index contributed by atoms with van der Waals surface area (Å²) in [7, 11) is 0. The maximum Gasteiger partial charge on any atom is 0.317 e. The van der Waals surface area contributed by atoms with Crippen LogP contribution >= 0.6 is 0 Å². The Morgan fingerprint density at radius 2 is 1.72 bits per heavy atom. The zero-order valence-electron chi connectivity index (χ0n) is 18.7. The Labute approximate surface area is 191 Å². The maximum absolute atomic E-state index is 12.6. The summed E-state index contributed by atoms with van der Waals surface area (Å²) >= 11 is 0. The molecule has 6 heteroatoms. The van der Waals surface area contributed by atoms with Gasteiger partial charge in [0, 0.05) is 45.0 Å². The van der Waals surface area contributed by atoms with Gasteiger partial charge in [0.25, 0.3) is 0 Å². The van der Waals surface area contributed by atoms with Crippen molar-refractivity contribution in [1.82, 2.24) is 15.1 Å². The van der Waals surface area contributed by atoms with E-state index in [0.29, 0.717) is 24.6 Å². The van der Waals surface area contributed by atoms with E-state index in [-0.39, 0.29) is 6.03 Å². The molecule has 2 aromatic carbocycles. The van der Waals surface area contributed by atoms with E-state index >= 15 is 0 Å². The van der Waals surface area contributed by atoms with E-state index in [1.165, 1.54) is 18.4 Å². The van der Waals surface area contributed by atoms with Crippen LogP contribution in [0.5, 0.6) is 0 Å². The monoisotopic (exact) mass is 431 g/mol. The Morgan fingerprint density at radius 1 is 0.969 bits per heavy atom. The first-order valence-corrected chi connectivity index (χ1v) is 11.8. The van der Waals surface area contributed by atoms with Crippen molar-refractivity contribution in [2.24, 2.45) is 5.92 Å². The number of hydrogen-bond donors (Lipinski definition) is 1. The molecule has 0 radical (unpaired) electrons. The van der Waals surface area contributed by atoms with E-state index in [2.05, 4.69) is 51.5 Å². The molecular formula is C26H33N5O. The lowest BCUT2D eigenvalue weighted by atomic mass is 9.93. The number of nitrogens with one attached hydrogen (secondary N) is 1. The Kier molecular flexibility index (Phi) is 7.63. The number of rotatable bonds is 6. The quantitative estimate of drug-likeness (QED) is 0.758. The van der Waals surface area contributed by atoms with Crippen molar-refractivity contribution in [1.29, 1.82) is 5.26 Å². The molecule has 2 heterocycles. The fraction of sp³-hybridized carbons (Fsp3) is 0.462. The summed E-state index contributed by atoms with van der Waals surface area (Å²) in [5, 5.41) is 12.2. The molecule has 0 aromatic heterocycles. The number of hydrogen-bond acceptors (Lipinski definition) is 4. The highest BCUT2D eigenvalue weighted by Crippen LogP contribution is 2.22. The van der Waals surface area contributed by atoms with Crippen molar-refractivity contribution in [3.8, 4) is 6.07 Å². The summed E-state index contributed by atoms with van der Waals surface area (Å²) in [6.45, 7) is 7.08. The first-order valence-electron chi connectivity index (χ1n) is 11.8. The minimum Gasteiger partial charge on any atom is -0.368 e. The molecule has 2 saturated heterocycles. The largest absolute Gasteiger partial charge is 0.368 e. The second kappa shape index (κ2) is 11.0. The van der Waals surface area contributed by atoms with Gasteiger partial charge in [-0.3, -0.25) is 4.90 Å². The van der Waals surface area contributed by atoms with Crippen molar-refractivity contribution in [3.63, 3.8) is 0 Å². The van der Waals surface area contributed by atoms with E-state index in [1.807, 2.05) is 29.2 Å². The van der Waals surface area contributed by atoms with Gasteiger partial charge >= 0.3 is 6.03 Å². The summed E-state index contributed by atoms with van der Waals surface area (Å²) in [6.07, 6.45) is 3.48. The van der Waals surface area contributed by atoms with Crippen molar-refractivity contribution in [2.45, 2.75) is 25.8 Å². The van der Waals surface area contributed by atoms with Gasteiger partial charge in [0.15, 0.2) is 0 Å². The average molecular weight is 432 g/mol. The van der Waals surface area contributed by atoms with E-state index in [4.69, 9.17) is 5.26 Å². The van der Waals surface area contributed by atoms with E-state index < -0.39 is 0 Å². The van der Waals surface area contributed by atoms with E-state index in [1.54, 1.807) is 0 Å². The molecule has 4 rings (SSSR count). The van der Waals surface area contributed by atoms with Crippen LogP contribution in [-0.4, -0.2) is 61.6 Å². The maximum atomic E-state index is 12.6. The van der Waals surface area contributed by atoms with Crippen LogP contribution in [-0.2, 0) is 6.54 Å². The predicted molar refractivity (Wildman–Crippen MR) is 127 cm³/mol. The van der Waals surface area contributed by atoms with Crippen molar-refractivity contribution in [2.75, 3.05) is 50.7 Å². The molecule has 0 bridgehead atoms. The Hall–Kier alpha value is -3.04. The zero-order valence-corrected chi connectivity index (χ0v) is 18.7. The molecular weight excluding hydrogens is 398 g/mol. The van der Waals surface area contributed by atoms with Crippen LogP contribution in [0, 0.1) is 17.2 Å². The number of benzene rings is 2. The van der Waals surface area contributed by atoms with Crippen LogP contribution in [0.25, 0.3) is 0 Å². The number of carbonyl (C=O) groups excluding carboxylic acids is 1. The van der Waals surface area contributed by atoms with Crippen LogP contribution in [0.3, 0.4) is 0 Å². The van der Waals surface area contributed by atoms with Gasteiger partial charge in [0.2, 0.25) is 0 Å². The summed E-state index contributed by atoms with van der Waals surface area (Å²) in [5.74, 6) is 0.701. The molecule has 2 amide bonds. The van der Waals surface area contributed by atoms with E-state index in [9.17, 15) is 4.79 Å². The van der Waals surface area contributed by atoms with Crippen LogP contribution < -0.4 is 10.2 Å². The van der Waals surface area contributed by atoms with Gasteiger partial charge in [-0.15, -0.1) is 0 Å². The Balaban J connectivity index is 1.12. The van der Waals surface area contributed by atoms with Crippen LogP contribution in [0.2, 0.25) is 0 Å². The second-order valence-corrected chi connectivity index (χ2v) is 8.86. The lowest BCUT2D eigenvalue weighted by Crippen LogP contribution is -2.52. The summed E-state index contributed by atoms with van der Waals surface area (Å²) < 4.78 is 0. The molecule has 0 saturated carbocycles. The van der Waals surface area contributed by atoms with Gasteiger partial charge in [0.05, 0.1) is 11.6 Å². The number of piperazine rings is 1. The SMILES string of the molecule is N#Cc1cccc(N2CCN(C(=O)NCCC3CCN(Cc4ccccc4)CC3)CC2)c1. The molecule has 1 N–H and O–H groups in total. The minimum absolute atomic E-state index is 0.0527. The first-order chi connectivity index (χ1) is 15.7. The number of piperidine rings is 1. The lowest BCUT2D eigenvalue weighted by molar-refractivity contribution is 0.169. The highest BCUT2D eigenvalue weighted by atomic mass is 16.2. The number of likely N-dealkylation sites (tertiary alicyclic amines) is 1. The average Bonchev–Trinajstić information content (AvgIpc) is 2.86. The molecule has 0 atom stereocenters. The lowest BCUT2D eigenvalue weighted by Gasteiger charge is -2.36. The molecule has 2 fully saturated rings. The third-order valence-electron chi connectivity index (χ3n) is 6.69. The highest BCUT2D eigenvalue weighted by molar-refractivity contribution is 5.74. The van der Waals surface area contributed by atoms with Crippen molar-refractivity contribution < 1.29 is 4.79 Å². The van der Waals surface area contributed by atoms with Gasteiger partial charge in [-0.1, -0.05) is 36.4 Å². The zero-order chi connectivity index (χ0) is 22.2. The third-order valence-corrected chi connectivity index (χ3v) is 6.69. The Morgan fingerprint density at radius 3 is 2.44 bits per heavy atom. The van der Waals surface area contributed by atoms with Gasteiger partial charge in [0.1, 0.15) is 0 Å². The van der Waals surface area contributed by atoms with Gasteiger partial charge in [-0.25, -0.2) is 4.79 Å². The predicted octanol–water partition coefficient (Wildman–Crippen LogP) is 3.69. The molecule has 2 aliphatic rings. The number of amides is 2. The normalized spacial score (nSPS) is 17.7. The van der Waals surface area contributed by atoms with Gasteiger partial charge < -0.3 is 15.1 Å². The molecule has 0 unspecified atom stereocenters. The van der Waals surface area contributed by atoms with Crippen LogP contribution in [0.15, 0.2) is 54.6 Å². The van der Waals surface area contributed by atoms with Crippen molar-refractivity contribution >= 4 is 11.7 Å². The third kappa shape index (κ3) is 6.02. The fourth-order valence-electron chi connectivity index (χ4n) is 4.71. The standard InChI is InChI=1S/C26H33N5O/c27-20-24-7-4-8-25(19-24)30-15-17-31(18-16-30)26(32)28-12-9-22-10-13-29(14-11-22)21-23-5-2-1-3-6-23/h1-8,19,22H,9-18,21H2,(H,28,32). The Bertz CT molecular complexity index is 909. The molecule has 2 aromatic rings. The number of anilines is 1. The smallest absolute Gasteiger partial charge is 0.317 e. The summed E-state index contributed by atoms with van der Waals surface area (Å²) in [5.41, 5.74) is 3.12. The first kappa shape index (κ1) is 22.2.